The molecule has 0 aromatic heterocycles. The van der Waals surface area contributed by atoms with E-state index in [1.165, 1.54) is 19.3 Å². The molecule has 2 aliphatic heterocycles. The molecule has 3 N–H and O–H groups in total. The monoisotopic (exact) mass is 342 g/mol. The summed E-state index contributed by atoms with van der Waals surface area (Å²) in [6.07, 6.45) is 5.38. The van der Waals surface area contributed by atoms with Gasteiger partial charge in [-0.2, -0.15) is 12.6 Å². The van der Waals surface area contributed by atoms with Crippen LogP contribution in [0.25, 0.3) is 0 Å². The van der Waals surface area contributed by atoms with Gasteiger partial charge in [0, 0.05) is 31.3 Å². The van der Waals surface area contributed by atoms with Crippen molar-refractivity contribution in [2.45, 2.75) is 38.2 Å². The summed E-state index contributed by atoms with van der Waals surface area (Å²) < 4.78 is 5.90. The van der Waals surface area contributed by atoms with Gasteiger partial charge in [-0.15, -0.1) is 0 Å². The highest BCUT2D eigenvalue weighted by molar-refractivity contribution is 7.80. The molecule has 0 saturated carbocycles. The molecule has 2 heterocycles. The molecule has 6 nitrogen and oxygen atoms in total. The molecule has 0 aliphatic carbocycles. The first-order chi connectivity index (χ1) is 11.1. The number of thiol groups is 1. The number of ether oxygens (including phenoxy) is 1. The van der Waals surface area contributed by atoms with Crippen LogP contribution in [0.5, 0.6) is 0 Å². The van der Waals surface area contributed by atoms with Gasteiger partial charge < -0.3 is 15.4 Å². The summed E-state index contributed by atoms with van der Waals surface area (Å²) in [7, 11) is 0. The number of likely N-dealkylation sites (tertiary alicyclic amines) is 2. The number of hydrogen-bond donors (Lipinski definition) is 3. The van der Waals surface area contributed by atoms with Crippen LogP contribution in [0.4, 0.5) is 0 Å². The Morgan fingerprint density at radius 3 is 2.43 bits per heavy atom. The first-order valence-corrected chi connectivity index (χ1v) is 9.33. The zero-order chi connectivity index (χ0) is 16.7. The highest BCUT2D eigenvalue weighted by Gasteiger charge is 2.27. The molecule has 1 amide bonds. The molecule has 1 atom stereocenters. The van der Waals surface area contributed by atoms with E-state index in [4.69, 9.17) is 15.9 Å². The van der Waals surface area contributed by atoms with Gasteiger partial charge in [-0.05, 0) is 38.8 Å². The summed E-state index contributed by atoms with van der Waals surface area (Å²) in [5.41, 5.74) is 5.40. The maximum Gasteiger partial charge on any atom is 0.236 e. The van der Waals surface area contributed by atoms with Gasteiger partial charge in [0.05, 0.1) is 6.54 Å². The maximum atomic E-state index is 11.6. The van der Waals surface area contributed by atoms with Gasteiger partial charge in [-0.1, -0.05) is 6.42 Å². The molecule has 23 heavy (non-hydrogen) atoms. The predicted molar refractivity (Wildman–Crippen MR) is 95.1 cm³/mol. The lowest BCUT2D eigenvalue weighted by atomic mass is 9.96. The van der Waals surface area contributed by atoms with Crippen LogP contribution in [-0.2, 0) is 9.53 Å². The van der Waals surface area contributed by atoms with E-state index in [0.29, 0.717) is 24.7 Å². The Morgan fingerprint density at radius 1 is 1.22 bits per heavy atom. The molecule has 0 spiro atoms. The molecule has 2 fully saturated rings. The zero-order valence-electron chi connectivity index (χ0n) is 13.9. The third-order valence-corrected chi connectivity index (χ3v) is 5.21. The van der Waals surface area contributed by atoms with E-state index in [1.54, 1.807) is 4.90 Å². The topological polar surface area (TPSA) is 82.7 Å². The van der Waals surface area contributed by atoms with Gasteiger partial charge in [0.25, 0.3) is 0 Å². The first kappa shape index (κ1) is 18.5. The smallest absolute Gasteiger partial charge is 0.236 e. The number of amides is 1. The van der Waals surface area contributed by atoms with Crippen LogP contribution in [0.1, 0.15) is 32.1 Å². The van der Waals surface area contributed by atoms with Crippen LogP contribution in [0.15, 0.2) is 0 Å². The van der Waals surface area contributed by atoms with E-state index in [9.17, 15) is 4.79 Å². The molecule has 0 bridgehead atoms. The van der Waals surface area contributed by atoms with Crippen LogP contribution in [0.3, 0.4) is 0 Å². The molecule has 0 radical (unpaired) electrons. The lowest BCUT2D eigenvalue weighted by Gasteiger charge is -2.34. The number of piperidine rings is 2. The molecular formula is C16H30N4O2S. The van der Waals surface area contributed by atoms with E-state index in [0.717, 1.165) is 32.5 Å². The van der Waals surface area contributed by atoms with Gasteiger partial charge >= 0.3 is 0 Å². The fourth-order valence-corrected chi connectivity index (χ4v) is 3.55. The van der Waals surface area contributed by atoms with Gasteiger partial charge in [0.1, 0.15) is 6.10 Å². The largest absolute Gasteiger partial charge is 0.475 e. The van der Waals surface area contributed by atoms with Crippen molar-refractivity contribution < 1.29 is 9.53 Å². The quantitative estimate of drug-likeness (QED) is 0.381. The standard InChI is InChI=1S/C16H30N4O2S/c17-10-15(21)20-8-4-13(5-9-20)16(18)22-14(12-23)11-19-6-2-1-3-7-19/h13-14,18,23H,1-12,17H2. The van der Waals surface area contributed by atoms with Crippen LogP contribution in [0, 0.1) is 11.3 Å². The Labute approximate surface area is 144 Å². The molecule has 132 valence electrons. The Bertz CT molecular complexity index is 394. The fraction of sp³-hybridized carbons (Fsp3) is 0.875. The molecule has 0 aromatic rings. The minimum absolute atomic E-state index is 0.00534. The number of nitrogens with two attached hydrogens (primary N) is 1. The number of nitrogens with zero attached hydrogens (tertiary/aromatic N) is 2. The summed E-state index contributed by atoms with van der Waals surface area (Å²) >= 11 is 4.39. The third kappa shape index (κ3) is 5.65. The van der Waals surface area contributed by atoms with Crippen LogP contribution in [0.2, 0.25) is 0 Å². The minimum atomic E-state index is -0.0207. The third-order valence-electron chi connectivity index (χ3n) is 4.80. The van der Waals surface area contributed by atoms with Crippen LogP contribution >= 0.6 is 12.6 Å². The lowest BCUT2D eigenvalue weighted by Crippen LogP contribution is -2.44. The number of nitrogens with one attached hydrogen (secondary N) is 1. The van der Waals surface area contributed by atoms with E-state index in [2.05, 4.69) is 17.5 Å². The Balaban J connectivity index is 1.75. The van der Waals surface area contributed by atoms with Crippen molar-refractivity contribution in [3.63, 3.8) is 0 Å². The number of rotatable bonds is 6. The summed E-state index contributed by atoms with van der Waals surface area (Å²) in [6.45, 7) is 4.52. The minimum Gasteiger partial charge on any atom is -0.475 e. The van der Waals surface area contributed by atoms with Crippen molar-refractivity contribution in [3.05, 3.63) is 0 Å². The molecule has 7 heteroatoms. The Kier molecular flexibility index (Phi) is 7.65. The van der Waals surface area contributed by atoms with E-state index < -0.39 is 0 Å². The molecule has 2 rings (SSSR count). The van der Waals surface area contributed by atoms with Crippen molar-refractivity contribution in [1.82, 2.24) is 9.80 Å². The van der Waals surface area contributed by atoms with E-state index >= 15 is 0 Å². The Morgan fingerprint density at radius 2 is 1.87 bits per heavy atom. The van der Waals surface area contributed by atoms with Crippen molar-refractivity contribution in [2.75, 3.05) is 45.0 Å². The van der Waals surface area contributed by atoms with Crippen LogP contribution < -0.4 is 5.73 Å². The number of hydrogen-bond acceptors (Lipinski definition) is 6. The molecule has 1 unspecified atom stereocenters. The predicted octanol–water partition coefficient (Wildman–Crippen LogP) is 0.962. The van der Waals surface area contributed by atoms with E-state index in [1.807, 2.05) is 0 Å². The maximum absolute atomic E-state index is 11.6. The summed E-state index contributed by atoms with van der Waals surface area (Å²) in [6, 6.07) is 0. The van der Waals surface area contributed by atoms with E-state index in [-0.39, 0.29) is 24.5 Å². The SMILES string of the molecule is N=C(OC(CS)CN1CCCCC1)C1CCN(C(=O)CN)CC1. The normalized spacial score (nSPS) is 21.9. The van der Waals surface area contributed by atoms with Crippen molar-refractivity contribution >= 4 is 24.4 Å². The van der Waals surface area contributed by atoms with Gasteiger partial charge in [-0.25, -0.2) is 0 Å². The second kappa shape index (κ2) is 9.49. The summed E-state index contributed by atoms with van der Waals surface area (Å²) in [5.74, 6) is 1.10. The first-order valence-electron chi connectivity index (χ1n) is 8.70. The van der Waals surface area contributed by atoms with Gasteiger partial charge in [0.2, 0.25) is 5.91 Å². The highest BCUT2D eigenvalue weighted by atomic mass is 32.1. The number of carbonyl (C=O) groups is 1. The lowest BCUT2D eigenvalue weighted by molar-refractivity contribution is -0.130. The van der Waals surface area contributed by atoms with Gasteiger partial charge in [-0.3, -0.25) is 15.1 Å². The zero-order valence-corrected chi connectivity index (χ0v) is 14.8. The van der Waals surface area contributed by atoms with Crippen molar-refractivity contribution in [3.8, 4) is 0 Å². The molecular weight excluding hydrogens is 312 g/mol. The summed E-state index contributed by atoms with van der Waals surface area (Å²) in [4.78, 5) is 15.8. The fourth-order valence-electron chi connectivity index (χ4n) is 3.36. The second-order valence-corrected chi connectivity index (χ2v) is 6.87. The molecule has 0 aromatic carbocycles. The van der Waals surface area contributed by atoms with Crippen molar-refractivity contribution in [1.29, 1.82) is 5.41 Å². The highest BCUT2D eigenvalue weighted by Crippen LogP contribution is 2.20. The van der Waals surface area contributed by atoms with Gasteiger partial charge in [0.15, 0.2) is 5.90 Å². The average molecular weight is 343 g/mol. The van der Waals surface area contributed by atoms with Crippen LogP contribution in [-0.4, -0.2) is 72.7 Å². The summed E-state index contributed by atoms with van der Waals surface area (Å²) in [5, 5.41) is 8.25. The molecule has 2 aliphatic rings. The second-order valence-electron chi connectivity index (χ2n) is 6.51. The number of carbonyl (C=O) groups excluding carboxylic acids is 1. The van der Waals surface area contributed by atoms with Crippen molar-refractivity contribution in [2.24, 2.45) is 11.7 Å². The average Bonchev–Trinajstić information content (AvgIpc) is 2.61. The Hall–Kier alpha value is -0.790. The molecule has 2 saturated heterocycles.